The summed E-state index contributed by atoms with van der Waals surface area (Å²) in [5.41, 5.74) is -0.0791. The average Bonchev–Trinajstić information content (AvgIpc) is 2.37. The average molecular weight is 366 g/mol. The van der Waals surface area contributed by atoms with Gasteiger partial charge in [-0.3, -0.25) is 0 Å². The van der Waals surface area contributed by atoms with Gasteiger partial charge in [0.15, 0.2) is 11.6 Å². The highest BCUT2D eigenvalue weighted by molar-refractivity contribution is 9.10. The summed E-state index contributed by atoms with van der Waals surface area (Å²) in [7, 11) is 1.32. The van der Waals surface area contributed by atoms with Gasteiger partial charge in [-0.1, -0.05) is 22.0 Å². The highest BCUT2D eigenvalue weighted by atomic mass is 79.9. The molecule has 1 unspecified atom stereocenters. The van der Waals surface area contributed by atoms with Gasteiger partial charge in [0.05, 0.1) is 12.5 Å². The zero-order valence-corrected chi connectivity index (χ0v) is 12.6. The van der Waals surface area contributed by atoms with Crippen LogP contribution in [-0.2, 0) is 0 Å². The Bertz CT molecular complexity index is 625. The molecule has 0 aromatic heterocycles. The maximum Gasteiger partial charge on any atom is 0.165 e. The Morgan fingerprint density at radius 3 is 2.15 bits per heavy atom. The molecule has 0 aliphatic carbocycles. The summed E-state index contributed by atoms with van der Waals surface area (Å²) in [6.45, 7) is 0. The van der Waals surface area contributed by atoms with Crippen LogP contribution in [0.3, 0.4) is 0 Å². The molecule has 2 rings (SSSR count). The van der Waals surface area contributed by atoms with E-state index in [1.807, 2.05) is 0 Å². The number of rotatable bonds is 3. The van der Waals surface area contributed by atoms with Crippen molar-refractivity contribution in [1.29, 1.82) is 0 Å². The van der Waals surface area contributed by atoms with Crippen molar-refractivity contribution >= 4 is 27.5 Å². The third-order valence-electron chi connectivity index (χ3n) is 2.77. The van der Waals surface area contributed by atoms with Gasteiger partial charge in [-0.15, -0.1) is 11.6 Å². The van der Waals surface area contributed by atoms with E-state index >= 15 is 0 Å². The van der Waals surface area contributed by atoms with Crippen LogP contribution in [0.4, 0.5) is 13.2 Å². The maximum absolute atomic E-state index is 13.8. The molecule has 0 spiro atoms. The standard InChI is InChI=1S/C14H9BrClF3O/c1-20-12-3-2-7(4-9(12)17)14(16)13-10(18)5-8(15)6-11(13)19/h2-6,14H,1H3. The smallest absolute Gasteiger partial charge is 0.165 e. The fourth-order valence-corrected chi connectivity index (χ4v) is 2.55. The normalized spacial score (nSPS) is 12.3. The van der Waals surface area contributed by atoms with Crippen molar-refractivity contribution < 1.29 is 17.9 Å². The van der Waals surface area contributed by atoms with Crippen molar-refractivity contribution in [2.24, 2.45) is 0 Å². The van der Waals surface area contributed by atoms with Crippen LogP contribution in [-0.4, -0.2) is 7.11 Å². The molecule has 0 radical (unpaired) electrons. The molecule has 2 aromatic carbocycles. The molecule has 0 N–H and O–H groups in total. The highest BCUT2D eigenvalue weighted by Crippen LogP contribution is 2.35. The molecule has 0 heterocycles. The van der Waals surface area contributed by atoms with E-state index in [4.69, 9.17) is 16.3 Å². The summed E-state index contributed by atoms with van der Waals surface area (Å²) >= 11 is 9.04. The summed E-state index contributed by atoms with van der Waals surface area (Å²) in [4.78, 5) is 0. The van der Waals surface area contributed by atoms with Gasteiger partial charge in [0.25, 0.3) is 0 Å². The summed E-state index contributed by atoms with van der Waals surface area (Å²) < 4.78 is 46.3. The minimum absolute atomic E-state index is 0.0365. The first-order valence-corrected chi connectivity index (χ1v) is 6.79. The third kappa shape index (κ3) is 2.94. The lowest BCUT2D eigenvalue weighted by Gasteiger charge is -2.14. The van der Waals surface area contributed by atoms with E-state index < -0.39 is 22.8 Å². The zero-order chi connectivity index (χ0) is 14.9. The first kappa shape index (κ1) is 15.2. The third-order valence-corrected chi connectivity index (χ3v) is 3.69. The Morgan fingerprint density at radius 1 is 1.05 bits per heavy atom. The van der Waals surface area contributed by atoms with E-state index in [2.05, 4.69) is 15.9 Å². The molecular weight excluding hydrogens is 357 g/mol. The molecular formula is C14H9BrClF3O. The quantitative estimate of drug-likeness (QED) is 0.679. The molecule has 0 amide bonds. The molecule has 0 aliphatic rings. The van der Waals surface area contributed by atoms with E-state index in [1.165, 1.54) is 19.2 Å². The van der Waals surface area contributed by atoms with Gasteiger partial charge in [0, 0.05) is 10.0 Å². The van der Waals surface area contributed by atoms with Crippen LogP contribution in [0.25, 0.3) is 0 Å². The summed E-state index contributed by atoms with van der Waals surface area (Å²) in [5.74, 6) is -2.20. The van der Waals surface area contributed by atoms with Gasteiger partial charge >= 0.3 is 0 Å². The number of halogens is 5. The number of hydrogen-bond acceptors (Lipinski definition) is 1. The SMILES string of the molecule is COc1ccc(C(Cl)c2c(F)cc(Br)cc2F)cc1F. The molecule has 0 bridgehead atoms. The minimum Gasteiger partial charge on any atom is -0.494 e. The Morgan fingerprint density at radius 2 is 1.65 bits per heavy atom. The molecule has 0 aliphatic heterocycles. The number of methoxy groups -OCH3 is 1. The van der Waals surface area contributed by atoms with Crippen LogP contribution >= 0.6 is 27.5 Å². The monoisotopic (exact) mass is 364 g/mol. The second-order valence-electron chi connectivity index (χ2n) is 4.04. The van der Waals surface area contributed by atoms with Crippen LogP contribution in [0, 0.1) is 17.5 Å². The van der Waals surface area contributed by atoms with Gasteiger partial charge in [0.2, 0.25) is 0 Å². The maximum atomic E-state index is 13.8. The summed E-state index contributed by atoms with van der Waals surface area (Å²) in [6, 6.07) is 6.12. The summed E-state index contributed by atoms with van der Waals surface area (Å²) in [5, 5.41) is -1.14. The van der Waals surface area contributed by atoms with E-state index in [-0.39, 0.29) is 21.3 Å². The molecule has 0 fully saturated rings. The van der Waals surface area contributed by atoms with Gasteiger partial charge < -0.3 is 4.74 Å². The largest absolute Gasteiger partial charge is 0.494 e. The van der Waals surface area contributed by atoms with Crippen LogP contribution in [0.15, 0.2) is 34.8 Å². The van der Waals surface area contributed by atoms with Crippen molar-refractivity contribution in [3.05, 3.63) is 63.4 Å². The number of benzene rings is 2. The lowest BCUT2D eigenvalue weighted by molar-refractivity contribution is 0.386. The minimum atomic E-state index is -1.14. The Kier molecular flexibility index (Phi) is 4.60. The van der Waals surface area contributed by atoms with Crippen molar-refractivity contribution in [3.63, 3.8) is 0 Å². The second kappa shape index (κ2) is 6.06. The Hall–Kier alpha value is -1.20. The van der Waals surface area contributed by atoms with Crippen molar-refractivity contribution in [3.8, 4) is 5.75 Å². The number of alkyl halides is 1. The van der Waals surface area contributed by atoms with Gasteiger partial charge in [-0.2, -0.15) is 0 Å². The van der Waals surface area contributed by atoms with Crippen LogP contribution in [0.5, 0.6) is 5.75 Å². The topological polar surface area (TPSA) is 9.23 Å². The van der Waals surface area contributed by atoms with Gasteiger partial charge in [-0.05, 0) is 29.8 Å². The Balaban J connectivity index is 2.46. The fraction of sp³-hybridized carbons (Fsp3) is 0.143. The van der Waals surface area contributed by atoms with Crippen molar-refractivity contribution in [2.45, 2.75) is 5.38 Å². The molecule has 0 saturated heterocycles. The molecule has 1 nitrogen and oxygen atoms in total. The lowest BCUT2D eigenvalue weighted by atomic mass is 10.0. The molecule has 2 aromatic rings. The molecule has 0 saturated carbocycles. The zero-order valence-electron chi connectivity index (χ0n) is 10.3. The molecule has 20 heavy (non-hydrogen) atoms. The molecule has 106 valence electrons. The fourth-order valence-electron chi connectivity index (χ4n) is 1.80. The van der Waals surface area contributed by atoms with Crippen molar-refractivity contribution in [2.75, 3.05) is 7.11 Å². The molecule has 1 atom stereocenters. The van der Waals surface area contributed by atoms with E-state index in [0.717, 1.165) is 18.2 Å². The molecule has 6 heteroatoms. The van der Waals surface area contributed by atoms with E-state index in [1.54, 1.807) is 0 Å². The predicted octanol–water partition coefficient (Wildman–Crippen LogP) is 5.20. The van der Waals surface area contributed by atoms with Crippen LogP contribution < -0.4 is 4.74 Å². The lowest BCUT2D eigenvalue weighted by Crippen LogP contribution is -2.02. The van der Waals surface area contributed by atoms with E-state index in [0.29, 0.717) is 0 Å². The highest BCUT2D eigenvalue weighted by Gasteiger charge is 2.21. The first-order chi connectivity index (χ1) is 9.43. The van der Waals surface area contributed by atoms with Gasteiger partial charge in [0.1, 0.15) is 11.6 Å². The Labute approximate surface area is 127 Å². The van der Waals surface area contributed by atoms with Crippen LogP contribution in [0.2, 0.25) is 0 Å². The summed E-state index contributed by atoms with van der Waals surface area (Å²) in [6.07, 6.45) is 0. The predicted molar refractivity (Wildman–Crippen MR) is 74.7 cm³/mol. The van der Waals surface area contributed by atoms with E-state index in [9.17, 15) is 13.2 Å². The van der Waals surface area contributed by atoms with Crippen LogP contribution in [0.1, 0.15) is 16.5 Å². The van der Waals surface area contributed by atoms with Crippen molar-refractivity contribution in [1.82, 2.24) is 0 Å². The van der Waals surface area contributed by atoms with Gasteiger partial charge in [-0.25, -0.2) is 13.2 Å². The first-order valence-electron chi connectivity index (χ1n) is 5.56. The number of ether oxygens (including phenoxy) is 1. The second-order valence-corrected chi connectivity index (χ2v) is 5.39. The number of hydrogen-bond donors (Lipinski definition) is 0.